The van der Waals surface area contributed by atoms with E-state index < -0.39 is 0 Å². The molecule has 106 valence electrons. The summed E-state index contributed by atoms with van der Waals surface area (Å²) >= 11 is 0. The molecular formula is C17H16N2O2. The van der Waals surface area contributed by atoms with E-state index in [0.29, 0.717) is 17.0 Å². The number of benzene rings is 2. The Morgan fingerprint density at radius 3 is 2.57 bits per heavy atom. The molecule has 1 N–H and O–H groups in total. The second-order valence-electron chi connectivity index (χ2n) is 4.73. The van der Waals surface area contributed by atoms with E-state index >= 15 is 0 Å². The van der Waals surface area contributed by atoms with Crippen LogP contribution in [0, 0.1) is 18.3 Å². The Morgan fingerprint density at radius 2 is 1.95 bits per heavy atom. The maximum atomic E-state index is 12.1. The number of aryl methyl sites for hydroxylation is 1. The number of amides is 1. The van der Waals surface area contributed by atoms with Crippen LogP contribution in [0.5, 0.6) is 5.75 Å². The first-order valence-electron chi connectivity index (χ1n) is 6.56. The Hall–Kier alpha value is -2.80. The van der Waals surface area contributed by atoms with Crippen molar-refractivity contribution in [2.75, 3.05) is 12.4 Å². The number of carbonyl (C=O) groups excluding carboxylic acids is 1. The number of nitrogens with zero attached hydrogens (tertiary/aromatic N) is 1. The molecule has 0 saturated heterocycles. The number of hydrogen-bond donors (Lipinski definition) is 1. The van der Waals surface area contributed by atoms with Crippen molar-refractivity contribution < 1.29 is 9.53 Å². The molecule has 0 aliphatic heterocycles. The lowest BCUT2D eigenvalue weighted by Gasteiger charge is -2.10. The van der Waals surface area contributed by atoms with E-state index in [1.165, 1.54) is 0 Å². The average Bonchev–Trinajstić information content (AvgIpc) is 2.48. The summed E-state index contributed by atoms with van der Waals surface area (Å²) in [7, 11) is 1.59. The number of ether oxygens (including phenoxy) is 1. The zero-order chi connectivity index (χ0) is 15.2. The number of hydrogen-bond acceptors (Lipinski definition) is 3. The summed E-state index contributed by atoms with van der Waals surface area (Å²) in [5.41, 5.74) is 3.17. The summed E-state index contributed by atoms with van der Waals surface area (Å²) in [6.07, 6.45) is 0.241. The molecule has 0 unspecified atom stereocenters. The van der Waals surface area contributed by atoms with Gasteiger partial charge in [0, 0.05) is 11.3 Å². The van der Waals surface area contributed by atoms with Crippen molar-refractivity contribution in [3.05, 3.63) is 59.2 Å². The highest BCUT2D eigenvalue weighted by atomic mass is 16.5. The Morgan fingerprint density at radius 1 is 1.24 bits per heavy atom. The fourth-order valence-electron chi connectivity index (χ4n) is 2.05. The van der Waals surface area contributed by atoms with Crippen molar-refractivity contribution in [2.45, 2.75) is 13.3 Å². The lowest BCUT2D eigenvalue weighted by atomic mass is 10.1. The van der Waals surface area contributed by atoms with Crippen molar-refractivity contribution in [1.82, 2.24) is 0 Å². The molecule has 1 amide bonds. The van der Waals surface area contributed by atoms with Gasteiger partial charge < -0.3 is 10.1 Å². The van der Waals surface area contributed by atoms with Crippen molar-refractivity contribution >= 4 is 11.6 Å². The van der Waals surface area contributed by atoms with Gasteiger partial charge in [-0.2, -0.15) is 5.26 Å². The topological polar surface area (TPSA) is 62.1 Å². The highest BCUT2D eigenvalue weighted by Crippen LogP contribution is 2.20. The minimum Gasteiger partial charge on any atom is -0.496 e. The van der Waals surface area contributed by atoms with E-state index in [2.05, 4.69) is 5.32 Å². The smallest absolute Gasteiger partial charge is 0.228 e. The number of carbonyl (C=O) groups is 1. The van der Waals surface area contributed by atoms with Crippen molar-refractivity contribution in [1.29, 1.82) is 5.26 Å². The van der Waals surface area contributed by atoms with Crippen LogP contribution >= 0.6 is 0 Å². The lowest BCUT2D eigenvalue weighted by Crippen LogP contribution is -2.15. The molecule has 0 spiro atoms. The van der Waals surface area contributed by atoms with Crippen LogP contribution in [0.15, 0.2) is 42.5 Å². The third-order valence-electron chi connectivity index (χ3n) is 3.08. The molecule has 4 nitrogen and oxygen atoms in total. The Kier molecular flexibility index (Phi) is 4.57. The van der Waals surface area contributed by atoms with Gasteiger partial charge in [0.15, 0.2) is 0 Å². The molecule has 0 atom stereocenters. The van der Waals surface area contributed by atoms with Gasteiger partial charge in [-0.15, -0.1) is 0 Å². The molecule has 21 heavy (non-hydrogen) atoms. The molecule has 2 rings (SSSR count). The van der Waals surface area contributed by atoms with E-state index in [1.807, 2.05) is 31.2 Å². The zero-order valence-electron chi connectivity index (χ0n) is 12.0. The minimum atomic E-state index is -0.122. The van der Waals surface area contributed by atoms with Gasteiger partial charge in [0.05, 0.1) is 25.2 Å². The highest BCUT2D eigenvalue weighted by Gasteiger charge is 2.09. The number of nitrogens with one attached hydrogen (secondary N) is 1. The molecule has 4 heteroatoms. The van der Waals surface area contributed by atoms with Crippen molar-refractivity contribution in [2.24, 2.45) is 0 Å². The predicted molar refractivity (Wildman–Crippen MR) is 81.2 cm³/mol. The summed E-state index contributed by atoms with van der Waals surface area (Å²) < 4.78 is 5.27. The van der Waals surface area contributed by atoms with Crippen LogP contribution in [0.4, 0.5) is 5.69 Å². The molecule has 2 aromatic carbocycles. The SMILES string of the molecule is COc1ccc(C)cc1CC(=O)Nc1ccc(C#N)cc1. The van der Waals surface area contributed by atoms with Crippen molar-refractivity contribution in [3.63, 3.8) is 0 Å². The minimum absolute atomic E-state index is 0.122. The van der Waals surface area contributed by atoms with Crippen LogP contribution in [0.2, 0.25) is 0 Å². The van der Waals surface area contributed by atoms with E-state index in [9.17, 15) is 4.79 Å². The normalized spacial score (nSPS) is 9.76. The molecule has 0 aromatic heterocycles. The third-order valence-corrected chi connectivity index (χ3v) is 3.08. The van der Waals surface area contributed by atoms with Gasteiger partial charge in [-0.3, -0.25) is 4.79 Å². The van der Waals surface area contributed by atoms with Crippen LogP contribution < -0.4 is 10.1 Å². The molecule has 0 aliphatic carbocycles. The molecule has 0 saturated carbocycles. The molecular weight excluding hydrogens is 264 g/mol. The first-order valence-corrected chi connectivity index (χ1v) is 6.56. The first kappa shape index (κ1) is 14.6. The molecule has 0 radical (unpaired) electrons. The van der Waals surface area contributed by atoms with Gasteiger partial charge in [0.1, 0.15) is 5.75 Å². The van der Waals surface area contributed by atoms with Gasteiger partial charge in [-0.05, 0) is 37.3 Å². The number of rotatable bonds is 4. The summed E-state index contributed by atoms with van der Waals surface area (Å²) in [4.78, 5) is 12.1. The fourth-order valence-corrected chi connectivity index (χ4v) is 2.05. The van der Waals surface area contributed by atoms with E-state index in [-0.39, 0.29) is 12.3 Å². The van der Waals surface area contributed by atoms with Gasteiger partial charge in [0.2, 0.25) is 5.91 Å². The largest absolute Gasteiger partial charge is 0.496 e. The third kappa shape index (κ3) is 3.83. The monoisotopic (exact) mass is 280 g/mol. The van der Waals surface area contributed by atoms with Crippen LogP contribution in [-0.4, -0.2) is 13.0 Å². The van der Waals surface area contributed by atoms with E-state index in [4.69, 9.17) is 10.00 Å². The number of nitriles is 1. The van der Waals surface area contributed by atoms with E-state index in [0.717, 1.165) is 11.1 Å². The summed E-state index contributed by atoms with van der Waals surface area (Å²) in [5.74, 6) is 0.583. The second kappa shape index (κ2) is 6.58. The fraction of sp³-hybridized carbons (Fsp3) is 0.176. The van der Waals surface area contributed by atoms with E-state index in [1.54, 1.807) is 31.4 Å². The summed E-state index contributed by atoms with van der Waals surface area (Å²) in [5, 5.41) is 11.5. The zero-order valence-corrected chi connectivity index (χ0v) is 12.0. The van der Waals surface area contributed by atoms with Crippen LogP contribution in [0.3, 0.4) is 0 Å². The quantitative estimate of drug-likeness (QED) is 0.936. The Bertz CT molecular complexity index is 685. The molecule has 0 bridgehead atoms. The maximum absolute atomic E-state index is 12.1. The van der Waals surface area contributed by atoms with Gasteiger partial charge >= 0.3 is 0 Å². The summed E-state index contributed by atoms with van der Waals surface area (Å²) in [6, 6.07) is 14.6. The molecule has 0 aliphatic rings. The maximum Gasteiger partial charge on any atom is 0.228 e. The first-order chi connectivity index (χ1) is 10.1. The Balaban J connectivity index is 2.07. The average molecular weight is 280 g/mol. The van der Waals surface area contributed by atoms with Crippen molar-refractivity contribution in [3.8, 4) is 11.8 Å². The molecule has 0 heterocycles. The lowest BCUT2D eigenvalue weighted by molar-refractivity contribution is -0.115. The summed E-state index contributed by atoms with van der Waals surface area (Å²) in [6.45, 7) is 1.97. The van der Waals surface area contributed by atoms with Gasteiger partial charge in [-0.1, -0.05) is 17.7 Å². The Labute approximate surface area is 124 Å². The van der Waals surface area contributed by atoms with Gasteiger partial charge in [-0.25, -0.2) is 0 Å². The number of anilines is 1. The molecule has 0 fully saturated rings. The van der Waals surface area contributed by atoms with Crippen LogP contribution in [0.1, 0.15) is 16.7 Å². The van der Waals surface area contributed by atoms with Gasteiger partial charge in [0.25, 0.3) is 0 Å². The number of methoxy groups -OCH3 is 1. The highest BCUT2D eigenvalue weighted by molar-refractivity contribution is 5.92. The second-order valence-corrected chi connectivity index (χ2v) is 4.73. The predicted octanol–water partition coefficient (Wildman–Crippen LogP) is 3.06. The van der Waals surface area contributed by atoms with Crippen LogP contribution in [0.25, 0.3) is 0 Å². The van der Waals surface area contributed by atoms with Crippen LogP contribution in [-0.2, 0) is 11.2 Å². The standard InChI is InChI=1S/C17H16N2O2/c1-12-3-8-16(21-2)14(9-12)10-17(20)19-15-6-4-13(11-18)5-7-15/h3-9H,10H2,1-2H3,(H,19,20). The molecule has 2 aromatic rings.